The standard InChI is InChI=1S/C16H19N5O6S/c1-10-3-4-13(21(23)24)9-14(10)28(25,26)20-7-5-12(6-8-20)15(22)17-16-19-18-11(2)27-16/h3-4,9,12H,5-8H2,1-2H3,(H,17,19,22). The summed E-state index contributed by atoms with van der Waals surface area (Å²) in [5.41, 5.74) is 0.144. The van der Waals surface area contributed by atoms with Crippen molar-refractivity contribution in [3.63, 3.8) is 0 Å². The Morgan fingerprint density at radius 3 is 2.54 bits per heavy atom. The number of nitro benzene ring substituents is 1. The number of amides is 1. The number of sulfonamides is 1. The largest absolute Gasteiger partial charge is 0.408 e. The normalized spacial score (nSPS) is 16.1. The molecule has 0 unspecified atom stereocenters. The summed E-state index contributed by atoms with van der Waals surface area (Å²) >= 11 is 0. The van der Waals surface area contributed by atoms with Gasteiger partial charge in [-0.15, -0.1) is 5.10 Å². The Morgan fingerprint density at radius 2 is 1.96 bits per heavy atom. The number of aromatic nitrogens is 2. The second-order valence-electron chi connectivity index (χ2n) is 6.50. The molecule has 0 saturated carbocycles. The Hall–Kier alpha value is -2.86. The van der Waals surface area contributed by atoms with Crippen LogP contribution in [0.3, 0.4) is 0 Å². The Kier molecular flexibility index (Phi) is 5.42. The van der Waals surface area contributed by atoms with Gasteiger partial charge in [-0.2, -0.15) is 4.31 Å². The first-order chi connectivity index (χ1) is 13.2. The van der Waals surface area contributed by atoms with Crippen LogP contribution in [-0.4, -0.2) is 46.8 Å². The van der Waals surface area contributed by atoms with Gasteiger partial charge in [-0.25, -0.2) is 8.42 Å². The molecule has 3 rings (SSSR count). The van der Waals surface area contributed by atoms with Crippen molar-refractivity contribution in [2.75, 3.05) is 18.4 Å². The fraction of sp³-hybridized carbons (Fsp3) is 0.438. The second kappa shape index (κ2) is 7.64. The Balaban J connectivity index is 1.69. The molecule has 0 radical (unpaired) electrons. The van der Waals surface area contributed by atoms with E-state index < -0.39 is 20.9 Å². The SMILES string of the molecule is Cc1nnc(NC(=O)C2CCN(S(=O)(=O)c3cc([N+](=O)[O-])ccc3C)CC2)o1. The maximum atomic E-state index is 12.9. The van der Waals surface area contributed by atoms with E-state index in [0.29, 0.717) is 24.3 Å². The van der Waals surface area contributed by atoms with Crippen LogP contribution in [0.5, 0.6) is 0 Å². The van der Waals surface area contributed by atoms with Crippen LogP contribution in [0, 0.1) is 29.9 Å². The molecule has 2 heterocycles. The van der Waals surface area contributed by atoms with Crippen LogP contribution in [0.4, 0.5) is 11.7 Å². The zero-order valence-electron chi connectivity index (χ0n) is 15.3. The minimum absolute atomic E-state index is 0.00442. The van der Waals surface area contributed by atoms with Crippen molar-refractivity contribution >= 4 is 27.6 Å². The number of non-ortho nitro benzene ring substituents is 1. The number of benzene rings is 1. The van der Waals surface area contributed by atoms with Crippen LogP contribution in [-0.2, 0) is 14.8 Å². The lowest BCUT2D eigenvalue weighted by Crippen LogP contribution is -2.41. The lowest BCUT2D eigenvalue weighted by Gasteiger charge is -2.30. The number of hydrogen-bond donors (Lipinski definition) is 1. The molecule has 1 aliphatic rings. The van der Waals surface area contributed by atoms with Crippen LogP contribution < -0.4 is 5.32 Å². The highest BCUT2D eigenvalue weighted by atomic mass is 32.2. The summed E-state index contributed by atoms with van der Waals surface area (Å²) in [6.45, 7) is 3.45. The summed E-state index contributed by atoms with van der Waals surface area (Å²) in [5, 5.41) is 20.8. The number of aryl methyl sites for hydroxylation is 2. The van der Waals surface area contributed by atoms with Gasteiger partial charge in [0.15, 0.2) is 0 Å². The number of rotatable bonds is 5. The molecule has 1 amide bonds. The number of anilines is 1. The fourth-order valence-corrected chi connectivity index (χ4v) is 4.75. The summed E-state index contributed by atoms with van der Waals surface area (Å²) in [6, 6.07) is 3.76. The minimum atomic E-state index is -3.90. The van der Waals surface area contributed by atoms with Gasteiger partial charge in [0.1, 0.15) is 0 Å². The molecule has 1 aromatic heterocycles. The van der Waals surface area contributed by atoms with Gasteiger partial charge in [0.25, 0.3) is 5.69 Å². The van der Waals surface area contributed by atoms with Crippen LogP contribution in [0.1, 0.15) is 24.3 Å². The molecule has 28 heavy (non-hydrogen) atoms. The molecule has 150 valence electrons. The summed E-state index contributed by atoms with van der Waals surface area (Å²) in [4.78, 5) is 22.5. The quantitative estimate of drug-likeness (QED) is 0.578. The summed E-state index contributed by atoms with van der Waals surface area (Å²) in [7, 11) is -3.90. The molecule has 1 saturated heterocycles. The second-order valence-corrected chi connectivity index (χ2v) is 8.41. The van der Waals surface area contributed by atoms with Crippen molar-refractivity contribution in [1.29, 1.82) is 0 Å². The highest BCUT2D eigenvalue weighted by Gasteiger charge is 2.34. The predicted molar refractivity (Wildman–Crippen MR) is 97.0 cm³/mol. The first kappa shape index (κ1) is 19.9. The van der Waals surface area contributed by atoms with Crippen LogP contribution >= 0.6 is 0 Å². The molecule has 1 N–H and O–H groups in total. The summed E-state index contributed by atoms with van der Waals surface area (Å²) in [6.07, 6.45) is 0.623. The zero-order valence-corrected chi connectivity index (χ0v) is 16.1. The third-order valence-electron chi connectivity index (χ3n) is 4.58. The molecular weight excluding hydrogens is 390 g/mol. The molecule has 1 aliphatic heterocycles. The van der Waals surface area contributed by atoms with E-state index in [-0.39, 0.29) is 35.6 Å². The predicted octanol–water partition coefficient (Wildman–Crippen LogP) is 1.63. The van der Waals surface area contributed by atoms with Gasteiger partial charge < -0.3 is 4.42 Å². The highest BCUT2D eigenvalue weighted by molar-refractivity contribution is 7.89. The maximum absolute atomic E-state index is 12.9. The van der Waals surface area contributed by atoms with E-state index >= 15 is 0 Å². The molecule has 0 atom stereocenters. The van der Waals surface area contributed by atoms with Gasteiger partial charge in [0.05, 0.1) is 9.82 Å². The van der Waals surface area contributed by atoms with E-state index in [2.05, 4.69) is 15.5 Å². The van der Waals surface area contributed by atoms with E-state index in [1.54, 1.807) is 13.8 Å². The average Bonchev–Trinajstić information content (AvgIpc) is 3.06. The molecule has 1 fully saturated rings. The Morgan fingerprint density at radius 1 is 1.29 bits per heavy atom. The van der Waals surface area contributed by atoms with Gasteiger partial charge in [-0.1, -0.05) is 11.2 Å². The Bertz CT molecular complexity index is 1010. The van der Waals surface area contributed by atoms with Crippen molar-refractivity contribution in [3.8, 4) is 0 Å². The van der Waals surface area contributed by atoms with E-state index in [9.17, 15) is 23.3 Å². The molecule has 2 aromatic rings. The van der Waals surface area contributed by atoms with Crippen LogP contribution in [0.15, 0.2) is 27.5 Å². The van der Waals surface area contributed by atoms with Gasteiger partial charge >= 0.3 is 6.01 Å². The number of piperidine rings is 1. The molecule has 0 spiro atoms. The van der Waals surface area contributed by atoms with Crippen molar-refractivity contribution in [2.24, 2.45) is 5.92 Å². The first-order valence-electron chi connectivity index (χ1n) is 8.54. The maximum Gasteiger partial charge on any atom is 0.322 e. The Labute approximate surface area is 160 Å². The van der Waals surface area contributed by atoms with Gasteiger partial charge in [0.2, 0.25) is 21.8 Å². The smallest absolute Gasteiger partial charge is 0.322 e. The third kappa shape index (κ3) is 4.02. The number of carbonyl (C=O) groups is 1. The third-order valence-corrected chi connectivity index (χ3v) is 6.62. The van der Waals surface area contributed by atoms with E-state index in [1.807, 2.05) is 0 Å². The molecule has 0 bridgehead atoms. The number of nitrogens with one attached hydrogen (secondary N) is 1. The molecule has 1 aromatic carbocycles. The van der Waals surface area contributed by atoms with Crippen LogP contribution in [0.2, 0.25) is 0 Å². The minimum Gasteiger partial charge on any atom is -0.408 e. The van der Waals surface area contributed by atoms with Crippen molar-refractivity contribution in [2.45, 2.75) is 31.6 Å². The van der Waals surface area contributed by atoms with Crippen molar-refractivity contribution < 1.29 is 22.6 Å². The van der Waals surface area contributed by atoms with Crippen molar-refractivity contribution in [1.82, 2.24) is 14.5 Å². The summed E-state index contributed by atoms with van der Waals surface area (Å²) < 4.78 is 32.2. The fourth-order valence-electron chi connectivity index (χ4n) is 3.03. The van der Waals surface area contributed by atoms with Gasteiger partial charge in [-0.3, -0.25) is 20.2 Å². The molecule has 0 aliphatic carbocycles. The summed E-state index contributed by atoms with van der Waals surface area (Å²) in [5.74, 6) is -0.388. The van der Waals surface area contributed by atoms with Crippen LogP contribution in [0.25, 0.3) is 0 Å². The number of hydrogen-bond acceptors (Lipinski definition) is 8. The number of nitro groups is 1. The van der Waals surface area contributed by atoms with E-state index in [1.165, 1.54) is 16.4 Å². The average molecular weight is 409 g/mol. The topological polar surface area (TPSA) is 149 Å². The van der Waals surface area contributed by atoms with Gasteiger partial charge in [-0.05, 0) is 25.3 Å². The van der Waals surface area contributed by atoms with Gasteiger partial charge in [0, 0.05) is 38.1 Å². The van der Waals surface area contributed by atoms with E-state index in [4.69, 9.17) is 4.42 Å². The number of nitrogens with zero attached hydrogens (tertiary/aromatic N) is 4. The number of carbonyl (C=O) groups excluding carboxylic acids is 1. The monoisotopic (exact) mass is 409 g/mol. The highest BCUT2D eigenvalue weighted by Crippen LogP contribution is 2.28. The molecule has 11 nitrogen and oxygen atoms in total. The van der Waals surface area contributed by atoms with Crippen molar-refractivity contribution in [3.05, 3.63) is 39.8 Å². The van der Waals surface area contributed by atoms with E-state index in [0.717, 1.165) is 6.07 Å². The molecule has 12 heteroatoms. The lowest BCUT2D eigenvalue weighted by atomic mass is 9.97. The zero-order chi connectivity index (χ0) is 20.5. The molecular formula is C16H19N5O6S. The lowest BCUT2D eigenvalue weighted by molar-refractivity contribution is -0.385. The first-order valence-corrected chi connectivity index (χ1v) is 9.98.